The van der Waals surface area contributed by atoms with E-state index in [4.69, 9.17) is 11.6 Å². The number of amides is 2. The number of halogens is 1. The molecule has 6 heteroatoms. The van der Waals surface area contributed by atoms with Crippen molar-refractivity contribution in [3.05, 3.63) is 28.8 Å². The van der Waals surface area contributed by atoms with Crippen LogP contribution in [0.5, 0.6) is 0 Å². The number of carbonyl (C=O) groups is 2. The molecule has 4 N–H and O–H groups in total. The van der Waals surface area contributed by atoms with Gasteiger partial charge in [0.25, 0.3) is 5.91 Å². The van der Waals surface area contributed by atoms with E-state index in [0.717, 1.165) is 18.4 Å². The van der Waals surface area contributed by atoms with Crippen LogP contribution in [0, 0.1) is 6.92 Å². The van der Waals surface area contributed by atoms with Gasteiger partial charge >= 0.3 is 0 Å². The SMILES string of the molecule is Cc1ccc(NC(=O)C[C@@H]2[NH2+][C@@H]3CCCC[C@@H]3NC2=O)cc1Cl. The average Bonchev–Trinajstić information content (AvgIpc) is 2.51. The Morgan fingerprint density at radius 1 is 1.39 bits per heavy atom. The Morgan fingerprint density at radius 2 is 2.17 bits per heavy atom. The smallest absolute Gasteiger partial charge is 0.279 e. The van der Waals surface area contributed by atoms with Gasteiger partial charge < -0.3 is 16.0 Å². The van der Waals surface area contributed by atoms with Gasteiger partial charge in [0.2, 0.25) is 5.91 Å². The molecule has 3 atom stereocenters. The van der Waals surface area contributed by atoms with Crippen LogP contribution in [0.15, 0.2) is 18.2 Å². The standard InChI is InChI=1S/C17H22ClN3O2/c1-10-6-7-11(8-12(10)18)19-16(22)9-15-17(23)21-14-5-3-2-4-13(14)20-15/h6-8,13-15,20H,2-5,9H2,1H3,(H,19,22)(H,21,23)/p+1/t13-,14+,15+/m1/s1. The molecule has 1 aliphatic carbocycles. The summed E-state index contributed by atoms with van der Waals surface area (Å²) >= 11 is 6.07. The summed E-state index contributed by atoms with van der Waals surface area (Å²) in [5.74, 6) is -0.180. The largest absolute Gasteiger partial charge is 0.342 e. The number of quaternary nitrogens is 1. The van der Waals surface area contributed by atoms with Crippen molar-refractivity contribution in [3.8, 4) is 0 Å². The fourth-order valence-electron chi connectivity index (χ4n) is 3.49. The van der Waals surface area contributed by atoms with E-state index in [0.29, 0.717) is 16.8 Å². The van der Waals surface area contributed by atoms with Crippen molar-refractivity contribution in [1.29, 1.82) is 0 Å². The van der Waals surface area contributed by atoms with Gasteiger partial charge in [-0.1, -0.05) is 24.1 Å². The van der Waals surface area contributed by atoms with E-state index in [9.17, 15) is 9.59 Å². The Balaban J connectivity index is 1.58. The highest BCUT2D eigenvalue weighted by Gasteiger charge is 2.40. The first-order valence-corrected chi connectivity index (χ1v) is 8.62. The van der Waals surface area contributed by atoms with Gasteiger partial charge in [-0.2, -0.15) is 0 Å². The zero-order valence-corrected chi connectivity index (χ0v) is 14.0. The van der Waals surface area contributed by atoms with Gasteiger partial charge in [-0.05, 0) is 37.5 Å². The van der Waals surface area contributed by atoms with Crippen LogP contribution in [0.1, 0.15) is 37.7 Å². The van der Waals surface area contributed by atoms with Crippen LogP contribution in [0.4, 0.5) is 5.69 Å². The summed E-state index contributed by atoms with van der Waals surface area (Å²) in [7, 11) is 0. The average molecular weight is 337 g/mol. The zero-order valence-electron chi connectivity index (χ0n) is 13.3. The lowest BCUT2D eigenvalue weighted by Crippen LogP contribution is -3.03. The molecule has 23 heavy (non-hydrogen) atoms. The predicted octanol–water partition coefficient (Wildman–Crippen LogP) is 1.35. The van der Waals surface area contributed by atoms with Gasteiger partial charge in [0.15, 0.2) is 6.04 Å². The summed E-state index contributed by atoms with van der Waals surface area (Å²) in [6.07, 6.45) is 4.72. The van der Waals surface area contributed by atoms with Crippen molar-refractivity contribution < 1.29 is 14.9 Å². The third kappa shape index (κ3) is 3.85. The molecule has 0 unspecified atom stereocenters. The van der Waals surface area contributed by atoms with Crippen molar-refractivity contribution in [1.82, 2.24) is 5.32 Å². The fraction of sp³-hybridized carbons (Fsp3) is 0.529. The second-order valence-electron chi connectivity index (χ2n) is 6.58. The highest BCUT2D eigenvalue weighted by molar-refractivity contribution is 6.31. The van der Waals surface area contributed by atoms with Crippen LogP contribution in [-0.4, -0.2) is 29.9 Å². The lowest BCUT2D eigenvalue weighted by atomic mass is 9.87. The van der Waals surface area contributed by atoms with Crippen LogP contribution >= 0.6 is 11.6 Å². The molecule has 1 aromatic carbocycles. The number of piperazine rings is 1. The van der Waals surface area contributed by atoms with Crippen LogP contribution in [0.3, 0.4) is 0 Å². The topological polar surface area (TPSA) is 74.8 Å². The molecule has 2 aliphatic rings. The molecule has 2 fully saturated rings. The highest BCUT2D eigenvalue weighted by atomic mass is 35.5. The number of fused-ring (bicyclic) bond motifs is 1. The molecule has 124 valence electrons. The van der Waals surface area contributed by atoms with Gasteiger partial charge in [-0.15, -0.1) is 0 Å². The molecule has 0 spiro atoms. The molecule has 0 aromatic heterocycles. The molecule has 1 saturated carbocycles. The van der Waals surface area contributed by atoms with Gasteiger partial charge in [0, 0.05) is 17.1 Å². The first-order valence-electron chi connectivity index (χ1n) is 8.24. The lowest BCUT2D eigenvalue weighted by molar-refractivity contribution is -0.718. The van der Waals surface area contributed by atoms with Gasteiger partial charge in [0.1, 0.15) is 6.04 Å². The Bertz CT molecular complexity index is 620. The Hall–Kier alpha value is -1.59. The number of nitrogens with one attached hydrogen (secondary N) is 2. The maximum absolute atomic E-state index is 12.2. The summed E-state index contributed by atoms with van der Waals surface area (Å²) in [6.45, 7) is 1.91. The summed E-state index contributed by atoms with van der Waals surface area (Å²) in [5, 5.41) is 8.62. The summed E-state index contributed by atoms with van der Waals surface area (Å²) in [4.78, 5) is 24.4. The summed E-state index contributed by atoms with van der Waals surface area (Å²) in [5.41, 5.74) is 1.63. The van der Waals surface area contributed by atoms with Crippen molar-refractivity contribution in [2.24, 2.45) is 0 Å². The minimum absolute atomic E-state index is 0.0229. The normalized spacial score (nSPS) is 27.0. The maximum Gasteiger partial charge on any atom is 0.279 e. The van der Waals surface area contributed by atoms with Gasteiger partial charge in [-0.3, -0.25) is 9.59 Å². The number of hydrogen-bond donors (Lipinski definition) is 3. The molecule has 0 radical (unpaired) electrons. The van der Waals surface area contributed by atoms with E-state index in [2.05, 4.69) is 16.0 Å². The van der Waals surface area contributed by atoms with Crippen molar-refractivity contribution >= 4 is 29.1 Å². The summed E-state index contributed by atoms with van der Waals surface area (Å²) < 4.78 is 0. The molecular formula is C17H23ClN3O2+. The molecule has 1 heterocycles. The van der Waals surface area contributed by atoms with E-state index in [1.165, 1.54) is 12.8 Å². The minimum atomic E-state index is -0.338. The second kappa shape index (κ2) is 6.89. The number of aryl methyl sites for hydroxylation is 1. The molecular weight excluding hydrogens is 314 g/mol. The number of benzene rings is 1. The number of hydrogen-bond acceptors (Lipinski definition) is 2. The number of carbonyl (C=O) groups excluding carboxylic acids is 2. The third-order valence-corrected chi connectivity index (χ3v) is 5.23. The van der Waals surface area contributed by atoms with Gasteiger partial charge in [-0.25, -0.2) is 0 Å². The first-order chi connectivity index (χ1) is 11.0. The number of nitrogens with two attached hydrogens (primary N) is 1. The van der Waals surface area contributed by atoms with Crippen LogP contribution in [-0.2, 0) is 9.59 Å². The number of anilines is 1. The predicted molar refractivity (Wildman–Crippen MR) is 89.3 cm³/mol. The third-order valence-electron chi connectivity index (χ3n) is 4.82. The van der Waals surface area contributed by atoms with E-state index in [-0.39, 0.29) is 30.3 Å². The van der Waals surface area contributed by atoms with Crippen molar-refractivity contribution in [3.63, 3.8) is 0 Å². The molecule has 1 aliphatic heterocycles. The molecule has 1 aromatic rings. The molecule has 3 rings (SSSR count). The van der Waals surface area contributed by atoms with Crippen LogP contribution < -0.4 is 16.0 Å². The van der Waals surface area contributed by atoms with Gasteiger partial charge in [0.05, 0.1) is 12.5 Å². The fourth-order valence-corrected chi connectivity index (χ4v) is 3.67. The number of rotatable bonds is 3. The van der Waals surface area contributed by atoms with E-state index < -0.39 is 0 Å². The first kappa shape index (κ1) is 16.3. The Morgan fingerprint density at radius 3 is 2.96 bits per heavy atom. The zero-order chi connectivity index (χ0) is 16.4. The monoisotopic (exact) mass is 336 g/mol. The lowest BCUT2D eigenvalue weighted by Gasteiger charge is -2.37. The van der Waals surface area contributed by atoms with E-state index in [1.807, 2.05) is 19.1 Å². The quantitative estimate of drug-likeness (QED) is 0.779. The van der Waals surface area contributed by atoms with Crippen LogP contribution in [0.25, 0.3) is 0 Å². The molecule has 1 saturated heterocycles. The van der Waals surface area contributed by atoms with Crippen molar-refractivity contribution in [2.75, 3.05) is 5.32 Å². The molecule has 5 nitrogen and oxygen atoms in total. The van der Waals surface area contributed by atoms with Crippen LogP contribution in [0.2, 0.25) is 5.02 Å². The maximum atomic E-state index is 12.2. The summed E-state index contributed by atoms with van der Waals surface area (Å²) in [6, 6.07) is 5.76. The highest BCUT2D eigenvalue weighted by Crippen LogP contribution is 2.21. The van der Waals surface area contributed by atoms with E-state index in [1.54, 1.807) is 6.07 Å². The Labute approximate surface area is 141 Å². The Kier molecular flexibility index (Phi) is 4.87. The van der Waals surface area contributed by atoms with E-state index >= 15 is 0 Å². The second-order valence-corrected chi connectivity index (χ2v) is 6.99. The minimum Gasteiger partial charge on any atom is -0.342 e. The molecule has 2 amide bonds. The van der Waals surface area contributed by atoms with Crippen molar-refractivity contribution in [2.45, 2.75) is 57.2 Å². The molecule has 0 bridgehead atoms.